The first-order valence-corrected chi connectivity index (χ1v) is 5.37. The molecule has 3 heteroatoms. The van der Waals surface area contributed by atoms with E-state index in [1.54, 1.807) is 13.8 Å². The van der Waals surface area contributed by atoms with Crippen molar-refractivity contribution in [2.75, 3.05) is 0 Å². The molecule has 2 N–H and O–H groups in total. The molecule has 0 amide bonds. The van der Waals surface area contributed by atoms with E-state index in [0.29, 0.717) is 6.42 Å². The third kappa shape index (κ3) is 4.61. The van der Waals surface area contributed by atoms with Crippen LogP contribution in [0.1, 0.15) is 52.9 Å². The molecule has 0 aliphatic carbocycles. The fourth-order valence-corrected chi connectivity index (χ4v) is 1.39. The lowest BCUT2D eigenvalue weighted by Crippen LogP contribution is -2.37. The first-order chi connectivity index (χ1) is 6.41. The highest BCUT2D eigenvalue weighted by molar-refractivity contribution is 5.70. The second kappa shape index (κ2) is 6.02. The van der Waals surface area contributed by atoms with E-state index in [-0.39, 0.29) is 0 Å². The lowest BCUT2D eigenvalue weighted by atomic mass is 9.86. The fraction of sp³-hybridized carbons (Fsp3) is 0.909. The quantitative estimate of drug-likeness (QED) is 0.623. The Morgan fingerprint density at radius 2 is 1.93 bits per heavy atom. The van der Waals surface area contributed by atoms with Crippen LogP contribution in [0.5, 0.6) is 0 Å². The van der Waals surface area contributed by atoms with E-state index in [1.807, 2.05) is 0 Å². The second-order valence-corrected chi connectivity index (χ2v) is 4.23. The van der Waals surface area contributed by atoms with E-state index >= 15 is 0 Å². The maximum atomic E-state index is 10.7. The van der Waals surface area contributed by atoms with Crippen molar-refractivity contribution >= 4 is 5.97 Å². The Kier molecular flexibility index (Phi) is 5.77. The third-order valence-electron chi connectivity index (χ3n) is 2.84. The molecule has 0 aliphatic heterocycles. The summed E-state index contributed by atoms with van der Waals surface area (Å²) in [5, 5.41) is 18.6. The summed E-state index contributed by atoms with van der Waals surface area (Å²) in [4.78, 5) is 10.7. The molecule has 0 aromatic carbocycles. The van der Waals surface area contributed by atoms with Gasteiger partial charge >= 0.3 is 5.97 Å². The molecule has 0 rings (SSSR count). The Hall–Kier alpha value is -0.570. The monoisotopic (exact) mass is 202 g/mol. The number of hydrogen-bond acceptors (Lipinski definition) is 2. The number of rotatable bonds is 7. The van der Waals surface area contributed by atoms with Gasteiger partial charge in [-0.05, 0) is 20.3 Å². The Morgan fingerprint density at radius 3 is 2.36 bits per heavy atom. The van der Waals surface area contributed by atoms with Crippen molar-refractivity contribution in [2.24, 2.45) is 5.92 Å². The summed E-state index contributed by atoms with van der Waals surface area (Å²) in [6.07, 6.45) is 4.84. The Balaban J connectivity index is 3.88. The van der Waals surface area contributed by atoms with Crippen molar-refractivity contribution < 1.29 is 15.0 Å². The van der Waals surface area contributed by atoms with Crippen molar-refractivity contribution in [3.63, 3.8) is 0 Å². The molecular formula is C11H22O3. The van der Waals surface area contributed by atoms with Crippen molar-refractivity contribution in [3.05, 3.63) is 0 Å². The van der Waals surface area contributed by atoms with E-state index in [0.717, 1.165) is 25.7 Å². The van der Waals surface area contributed by atoms with E-state index in [9.17, 15) is 9.90 Å². The molecule has 0 spiro atoms. The van der Waals surface area contributed by atoms with Crippen LogP contribution in [0.4, 0.5) is 0 Å². The molecule has 0 heterocycles. The molecule has 2 unspecified atom stereocenters. The van der Waals surface area contributed by atoms with Crippen LogP contribution in [-0.4, -0.2) is 21.8 Å². The van der Waals surface area contributed by atoms with Gasteiger partial charge in [0.25, 0.3) is 0 Å². The van der Waals surface area contributed by atoms with E-state index < -0.39 is 17.5 Å². The largest absolute Gasteiger partial charge is 0.481 e. The summed E-state index contributed by atoms with van der Waals surface area (Å²) in [6.45, 7) is 5.29. The molecule has 0 aliphatic rings. The molecule has 14 heavy (non-hydrogen) atoms. The van der Waals surface area contributed by atoms with Crippen molar-refractivity contribution in [2.45, 2.75) is 58.5 Å². The number of carbonyl (C=O) groups is 1. The van der Waals surface area contributed by atoms with Crippen LogP contribution in [-0.2, 0) is 4.79 Å². The number of hydrogen-bond donors (Lipinski definition) is 2. The van der Waals surface area contributed by atoms with Gasteiger partial charge in [0.1, 0.15) is 0 Å². The number of carboxylic acid groups (broad SMARTS) is 1. The van der Waals surface area contributed by atoms with E-state index in [2.05, 4.69) is 6.92 Å². The smallest absolute Gasteiger partial charge is 0.309 e. The fourth-order valence-electron chi connectivity index (χ4n) is 1.39. The molecule has 0 saturated carbocycles. The highest BCUT2D eigenvalue weighted by atomic mass is 16.4. The van der Waals surface area contributed by atoms with Gasteiger partial charge in [0.2, 0.25) is 0 Å². The first kappa shape index (κ1) is 13.4. The molecule has 0 aromatic rings. The van der Waals surface area contributed by atoms with Crippen LogP contribution >= 0.6 is 0 Å². The highest BCUT2D eigenvalue weighted by Gasteiger charge is 2.32. The van der Waals surface area contributed by atoms with Gasteiger partial charge in [0, 0.05) is 0 Å². The summed E-state index contributed by atoms with van der Waals surface area (Å²) >= 11 is 0. The summed E-state index contributed by atoms with van der Waals surface area (Å²) in [7, 11) is 0. The highest BCUT2D eigenvalue weighted by Crippen LogP contribution is 2.24. The molecule has 0 bridgehead atoms. The summed E-state index contributed by atoms with van der Waals surface area (Å²) < 4.78 is 0. The Bertz CT molecular complexity index is 175. The van der Waals surface area contributed by atoms with E-state index in [4.69, 9.17) is 5.11 Å². The van der Waals surface area contributed by atoms with Gasteiger partial charge < -0.3 is 10.2 Å². The van der Waals surface area contributed by atoms with Crippen LogP contribution in [0.25, 0.3) is 0 Å². The van der Waals surface area contributed by atoms with Crippen LogP contribution in [0.15, 0.2) is 0 Å². The zero-order valence-electron chi connectivity index (χ0n) is 9.42. The predicted molar refractivity (Wildman–Crippen MR) is 56.2 cm³/mol. The Morgan fingerprint density at radius 1 is 1.36 bits per heavy atom. The normalized spacial score (nSPS) is 17.4. The summed E-state index contributed by atoms with van der Waals surface area (Å²) in [5.41, 5.74) is -1.07. The van der Waals surface area contributed by atoms with Crippen molar-refractivity contribution in [1.29, 1.82) is 0 Å². The minimum Gasteiger partial charge on any atom is -0.481 e. The minimum atomic E-state index is -1.07. The summed E-state index contributed by atoms with van der Waals surface area (Å²) in [6, 6.07) is 0. The molecule has 2 atom stereocenters. The Labute approximate surface area is 86.1 Å². The predicted octanol–water partition coefficient (Wildman–Crippen LogP) is 2.43. The molecule has 0 saturated heterocycles. The molecule has 0 fully saturated rings. The van der Waals surface area contributed by atoms with Gasteiger partial charge in [-0.3, -0.25) is 4.79 Å². The first-order valence-electron chi connectivity index (χ1n) is 5.37. The standard InChI is InChI=1S/C11H22O3/c1-4-5-6-7-8-11(3,14)9(2)10(12)13/h9,14H,4-8H2,1-3H3,(H,12,13). The van der Waals surface area contributed by atoms with Crippen molar-refractivity contribution in [3.8, 4) is 0 Å². The lowest BCUT2D eigenvalue weighted by Gasteiger charge is -2.27. The van der Waals surface area contributed by atoms with Gasteiger partial charge in [-0.2, -0.15) is 0 Å². The van der Waals surface area contributed by atoms with Crippen LogP contribution in [0.2, 0.25) is 0 Å². The van der Waals surface area contributed by atoms with Gasteiger partial charge in [-0.25, -0.2) is 0 Å². The van der Waals surface area contributed by atoms with Crippen molar-refractivity contribution in [1.82, 2.24) is 0 Å². The lowest BCUT2D eigenvalue weighted by molar-refractivity contribution is -0.150. The average Bonchev–Trinajstić information content (AvgIpc) is 2.11. The number of aliphatic carboxylic acids is 1. The number of carboxylic acids is 1. The summed E-state index contributed by atoms with van der Waals surface area (Å²) in [5.74, 6) is -1.62. The number of unbranched alkanes of at least 4 members (excludes halogenated alkanes) is 3. The minimum absolute atomic E-state index is 0.570. The maximum Gasteiger partial charge on any atom is 0.309 e. The van der Waals surface area contributed by atoms with Crippen LogP contribution < -0.4 is 0 Å². The van der Waals surface area contributed by atoms with Gasteiger partial charge in [-0.1, -0.05) is 32.6 Å². The third-order valence-corrected chi connectivity index (χ3v) is 2.84. The molecule has 0 aromatic heterocycles. The molecule has 3 nitrogen and oxygen atoms in total. The molecular weight excluding hydrogens is 180 g/mol. The average molecular weight is 202 g/mol. The topological polar surface area (TPSA) is 57.5 Å². The van der Waals surface area contributed by atoms with Gasteiger partial charge in [0.15, 0.2) is 0 Å². The second-order valence-electron chi connectivity index (χ2n) is 4.23. The van der Waals surface area contributed by atoms with Gasteiger partial charge in [0.05, 0.1) is 11.5 Å². The molecule has 0 radical (unpaired) electrons. The maximum absolute atomic E-state index is 10.7. The van der Waals surface area contributed by atoms with E-state index in [1.165, 1.54) is 0 Å². The zero-order valence-corrected chi connectivity index (χ0v) is 9.42. The van der Waals surface area contributed by atoms with Gasteiger partial charge in [-0.15, -0.1) is 0 Å². The zero-order chi connectivity index (χ0) is 11.2. The molecule has 84 valence electrons. The van der Waals surface area contributed by atoms with Crippen LogP contribution in [0.3, 0.4) is 0 Å². The SMILES string of the molecule is CCCCCCC(C)(O)C(C)C(=O)O. The number of aliphatic hydroxyl groups is 1. The van der Waals surface area contributed by atoms with Crippen LogP contribution in [0, 0.1) is 5.92 Å².